The molecular weight excluding hydrogens is 316 g/mol. The number of rotatable bonds is 7. The van der Waals surface area contributed by atoms with Gasteiger partial charge in [0, 0.05) is 19.0 Å². The van der Waals surface area contributed by atoms with E-state index >= 15 is 0 Å². The van der Waals surface area contributed by atoms with E-state index in [0.29, 0.717) is 13.2 Å². The summed E-state index contributed by atoms with van der Waals surface area (Å²) in [7, 11) is 2.05. The van der Waals surface area contributed by atoms with E-state index in [9.17, 15) is 9.90 Å². The first-order chi connectivity index (χ1) is 12.1. The van der Waals surface area contributed by atoms with Gasteiger partial charge in [0.25, 0.3) is 0 Å². The highest BCUT2D eigenvalue weighted by Gasteiger charge is 2.38. The normalized spacial score (nSPS) is 27.1. The quantitative estimate of drug-likeness (QED) is 0.787. The van der Waals surface area contributed by atoms with Gasteiger partial charge in [0.15, 0.2) is 0 Å². The molecule has 5 heteroatoms. The zero-order valence-corrected chi connectivity index (χ0v) is 15.1. The second kappa shape index (κ2) is 8.79. The fraction of sp³-hybridized carbons (Fsp3) is 0.650. The minimum Gasteiger partial charge on any atom is -0.388 e. The third-order valence-electron chi connectivity index (χ3n) is 5.45. The van der Waals surface area contributed by atoms with Gasteiger partial charge in [0.05, 0.1) is 18.8 Å². The maximum absolute atomic E-state index is 12.2. The second-order valence-corrected chi connectivity index (χ2v) is 7.46. The number of benzene rings is 1. The Hall–Kier alpha value is -1.43. The van der Waals surface area contributed by atoms with Crippen molar-refractivity contribution < 1.29 is 14.6 Å². The first-order valence-electron chi connectivity index (χ1n) is 9.46. The zero-order valence-electron chi connectivity index (χ0n) is 15.1. The van der Waals surface area contributed by atoms with Crippen LogP contribution in [0.4, 0.5) is 0 Å². The number of ether oxygens (including phenoxy) is 1. The molecule has 1 heterocycles. The zero-order chi connectivity index (χ0) is 17.6. The van der Waals surface area contributed by atoms with Crippen molar-refractivity contribution in [2.24, 2.45) is 5.92 Å². The van der Waals surface area contributed by atoms with E-state index < -0.39 is 6.10 Å². The van der Waals surface area contributed by atoms with Crippen LogP contribution in [0.1, 0.15) is 31.2 Å². The molecule has 1 aliphatic carbocycles. The van der Waals surface area contributed by atoms with Gasteiger partial charge in [-0.05, 0) is 31.9 Å². The first kappa shape index (κ1) is 18.4. The molecule has 0 spiro atoms. The molecular formula is C20H30N2O3. The molecule has 0 aromatic heterocycles. The number of likely N-dealkylation sites (N-methyl/N-ethyl adjacent to an activating group) is 1. The Kier molecular flexibility index (Phi) is 6.45. The molecule has 0 radical (unpaired) electrons. The van der Waals surface area contributed by atoms with Crippen LogP contribution in [0.3, 0.4) is 0 Å². The minimum atomic E-state index is -0.635. The predicted octanol–water partition coefficient (Wildman–Crippen LogP) is 1.60. The van der Waals surface area contributed by atoms with Crippen LogP contribution in [0.2, 0.25) is 0 Å². The molecule has 1 saturated carbocycles. The average Bonchev–Trinajstić information content (AvgIpc) is 3.27. The summed E-state index contributed by atoms with van der Waals surface area (Å²) in [6.45, 7) is 1.98. The fourth-order valence-electron chi connectivity index (χ4n) is 3.82. The Balaban J connectivity index is 1.41. The molecule has 1 amide bonds. The Bertz CT molecular complexity index is 545. The van der Waals surface area contributed by atoms with Crippen LogP contribution in [0.5, 0.6) is 0 Å². The van der Waals surface area contributed by atoms with Gasteiger partial charge in [0.1, 0.15) is 6.10 Å². The van der Waals surface area contributed by atoms with Crippen molar-refractivity contribution in [1.29, 1.82) is 0 Å². The van der Waals surface area contributed by atoms with Crippen LogP contribution in [-0.4, -0.2) is 60.9 Å². The van der Waals surface area contributed by atoms with Crippen LogP contribution in [0.15, 0.2) is 30.3 Å². The highest BCUT2D eigenvalue weighted by atomic mass is 16.5. The largest absolute Gasteiger partial charge is 0.388 e. The molecule has 1 aromatic carbocycles. The molecule has 3 atom stereocenters. The van der Waals surface area contributed by atoms with Gasteiger partial charge in [-0.2, -0.15) is 0 Å². The number of carbonyl (C=O) groups excluding carboxylic acids is 1. The number of amides is 1. The summed E-state index contributed by atoms with van der Waals surface area (Å²) in [6, 6.07) is 10.1. The Labute approximate surface area is 150 Å². The maximum Gasteiger partial charge on any atom is 0.223 e. The van der Waals surface area contributed by atoms with Crippen LogP contribution in [0.25, 0.3) is 0 Å². The van der Waals surface area contributed by atoms with Gasteiger partial charge >= 0.3 is 0 Å². The molecule has 1 aromatic rings. The molecule has 5 nitrogen and oxygen atoms in total. The predicted molar refractivity (Wildman–Crippen MR) is 97.3 cm³/mol. The van der Waals surface area contributed by atoms with Crippen molar-refractivity contribution in [3.63, 3.8) is 0 Å². The van der Waals surface area contributed by atoms with E-state index in [2.05, 4.69) is 34.5 Å². The lowest BCUT2D eigenvalue weighted by molar-refractivity contribution is -0.126. The van der Waals surface area contributed by atoms with Gasteiger partial charge in [0.2, 0.25) is 5.91 Å². The molecule has 138 valence electrons. The van der Waals surface area contributed by atoms with Crippen LogP contribution in [0, 0.1) is 5.92 Å². The Morgan fingerprint density at radius 2 is 2.00 bits per heavy atom. The van der Waals surface area contributed by atoms with E-state index in [0.717, 1.165) is 38.6 Å². The highest BCUT2D eigenvalue weighted by Crippen LogP contribution is 2.25. The molecule has 1 aliphatic heterocycles. The van der Waals surface area contributed by atoms with Crippen molar-refractivity contribution in [2.45, 2.75) is 50.4 Å². The number of hydrogen-bond donors (Lipinski definition) is 2. The molecule has 0 unspecified atom stereocenters. The Morgan fingerprint density at radius 1 is 1.28 bits per heavy atom. The number of hydrogen-bond acceptors (Lipinski definition) is 4. The minimum absolute atomic E-state index is 0.0863. The summed E-state index contributed by atoms with van der Waals surface area (Å²) in [5.74, 6) is 0.211. The molecule has 0 bridgehead atoms. The average molecular weight is 346 g/mol. The van der Waals surface area contributed by atoms with Crippen LogP contribution < -0.4 is 5.32 Å². The lowest BCUT2D eigenvalue weighted by Gasteiger charge is -2.24. The van der Waals surface area contributed by atoms with E-state index in [1.54, 1.807) is 0 Å². The lowest BCUT2D eigenvalue weighted by atomic mass is 10.0. The van der Waals surface area contributed by atoms with Crippen molar-refractivity contribution in [1.82, 2.24) is 10.2 Å². The standard InChI is InChI=1S/C20H30N2O3/c1-22(12-11-15-7-3-2-4-8-15)13-18-19(23)17(14-25-18)21-20(24)16-9-5-6-10-16/h2-4,7-8,16-19,23H,5-6,9-14H2,1H3,(H,21,24)/t17-,18-,19+/m0/s1. The van der Waals surface area contributed by atoms with E-state index in [-0.39, 0.29) is 24.0 Å². The summed E-state index contributed by atoms with van der Waals surface area (Å²) in [6.07, 6.45) is 4.32. The summed E-state index contributed by atoms with van der Waals surface area (Å²) in [4.78, 5) is 14.4. The highest BCUT2D eigenvalue weighted by molar-refractivity contribution is 5.79. The lowest BCUT2D eigenvalue weighted by Crippen LogP contribution is -2.48. The van der Waals surface area contributed by atoms with Gasteiger partial charge in [-0.15, -0.1) is 0 Å². The number of aliphatic hydroxyl groups excluding tert-OH is 1. The molecule has 25 heavy (non-hydrogen) atoms. The van der Waals surface area contributed by atoms with Gasteiger partial charge in [-0.1, -0.05) is 43.2 Å². The SMILES string of the molecule is CN(CCc1ccccc1)C[C@@H]1OC[C@H](NC(=O)C2CCCC2)[C@H]1O. The summed E-state index contributed by atoms with van der Waals surface area (Å²) < 4.78 is 5.76. The topological polar surface area (TPSA) is 61.8 Å². The Morgan fingerprint density at radius 3 is 2.72 bits per heavy atom. The molecule has 2 fully saturated rings. The summed E-state index contributed by atoms with van der Waals surface area (Å²) in [5, 5.41) is 13.5. The smallest absolute Gasteiger partial charge is 0.223 e. The molecule has 3 rings (SSSR count). The number of aliphatic hydroxyl groups is 1. The van der Waals surface area contributed by atoms with Gasteiger partial charge in [-0.3, -0.25) is 4.79 Å². The fourth-order valence-corrected chi connectivity index (χ4v) is 3.82. The van der Waals surface area contributed by atoms with Crippen molar-refractivity contribution in [3.8, 4) is 0 Å². The third kappa shape index (κ3) is 5.03. The molecule has 2 aliphatic rings. The van der Waals surface area contributed by atoms with Crippen molar-refractivity contribution in [2.75, 3.05) is 26.7 Å². The van der Waals surface area contributed by atoms with Crippen molar-refractivity contribution >= 4 is 5.91 Å². The van der Waals surface area contributed by atoms with E-state index in [1.807, 2.05) is 13.1 Å². The second-order valence-electron chi connectivity index (χ2n) is 7.46. The summed E-state index contributed by atoms with van der Waals surface area (Å²) in [5.41, 5.74) is 1.31. The van der Waals surface area contributed by atoms with Crippen LogP contribution in [-0.2, 0) is 16.0 Å². The van der Waals surface area contributed by atoms with E-state index in [4.69, 9.17) is 4.74 Å². The first-order valence-corrected chi connectivity index (χ1v) is 9.46. The van der Waals surface area contributed by atoms with Gasteiger partial charge < -0.3 is 20.1 Å². The monoisotopic (exact) mass is 346 g/mol. The molecule has 1 saturated heterocycles. The van der Waals surface area contributed by atoms with Crippen molar-refractivity contribution in [3.05, 3.63) is 35.9 Å². The maximum atomic E-state index is 12.2. The third-order valence-corrected chi connectivity index (χ3v) is 5.45. The van der Waals surface area contributed by atoms with E-state index in [1.165, 1.54) is 5.56 Å². The van der Waals surface area contributed by atoms with Crippen LogP contribution >= 0.6 is 0 Å². The summed E-state index contributed by atoms with van der Waals surface area (Å²) >= 11 is 0. The number of nitrogens with zero attached hydrogens (tertiary/aromatic N) is 1. The number of nitrogens with one attached hydrogen (secondary N) is 1. The molecule has 2 N–H and O–H groups in total. The number of carbonyl (C=O) groups is 1. The van der Waals surface area contributed by atoms with Gasteiger partial charge in [-0.25, -0.2) is 0 Å².